The molecule has 1 heterocycles. The first-order valence-electron chi connectivity index (χ1n) is 5.89. The second-order valence-corrected chi connectivity index (χ2v) is 4.16. The van der Waals surface area contributed by atoms with Crippen LogP contribution in [0, 0.1) is 6.92 Å². The molecule has 0 atom stereocenters. The molecule has 1 aromatic carbocycles. The number of aromatic nitrogens is 1. The first-order chi connectivity index (χ1) is 8.62. The monoisotopic (exact) mass is 247 g/mol. The van der Waals surface area contributed by atoms with E-state index in [1.54, 1.807) is 20.3 Å². The van der Waals surface area contributed by atoms with Crippen molar-refractivity contribution < 1.29 is 9.47 Å². The molecular weight excluding hydrogens is 230 g/mol. The zero-order valence-electron chi connectivity index (χ0n) is 11.1. The Morgan fingerprint density at radius 2 is 1.78 bits per heavy atom. The second-order valence-electron chi connectivity index (χ2n) is 4.16. The molecule has 0 unspecified atom stereocenters. The lowest BCUT2D eigenvalue weighted by molar-refractivity contribution is 0.355. The second kappa shape index (κ2) is 4.72. The quantitative estimate of drug-likeness (QED) is 0.906. The number of ether oxygens (including phenoxy) is 2. The molecule has 0 aliphatic rings. The Bertz CT molecular complexity index is 644. The Balaban J connectivity index is 2.88. The zero-order chi connectivity index (χ0) is 13.3. The van der Waals surface area contributed by atoms with Gasteiger partial charge in [0.25, 0.3) is 5.56 Å². The third-order valence-electron chi connectivity index (χ3n) is 3.24. The Morgan fingerprint density at radius 3 is 2.33 bits per heavy atom. The van der Waals surface area contributed by atoms with E-state index in [1.807, 2.05) is 19.9 Å². The summed E-state index contributed by atoms with van der Waals surface area (Å²) in [6, 6.07) is 3.71. The SMILES string of the molecule is CCc1c(C)c(=O)[nH]c2cc(OC)c(OC)cc12. The number of hydrogen-bond acceptors (Lipinski definition) is 3. The van der Waals surface area contributed by atoms with E-state index in [2.05, 4.69) is 4.98 Å². The summed E-state index contributed by atoms with van der Waals surface area (Å²) in [6.07, 6.45) is 0.807. The lowest BCUT2D eigenvalue weighted by Crippen LogP contribution is -2.12. The first-order valence-corrected chi connectivity index (χ1v) is 5.89. The van der Waals surface area contributed by atoms with Crippen molar-refractivity contribution in [2.75, 3.05) is 14.2 Å². The maximum absolute atomic E-state index is 11.8. The lowest BCUT2D eigenvalue weighted by atomic mass is 10.0. The standard InChI is InChI=1S/C14H17NO3/c1-5-9-8(2)14(16)15-11-7-13(18-4)12(17-3)6-10(9)11/h6-7H,5H2,1-4H3,(H,15,16). The van der Waals surface area contributed by atoms with Crippen molar-refractivity contribution in [3.8, 4) is 11.5 Å². The van der Waals surface area contributed by atoms with Gasteiger partial charge in [-0.15, -0.1) is 0 Å². The summed E-state index contributed by atoms with van der Waals surface area (Å²) in [5, 5.41) is 1.01. The van der Waals surface area contributed by atoms with E-state index in [0.29, 0.717) is 11.5 Å². The van der Waals surface area contributed by atoms with Gasteiger partial charge in [0.05, 0.1) is 19.7 Å². The number of fused-ring (bicyclic) bond motifs is 1. The number of nitrogens with one attached hydrogen (secondary N) is 1. The maximum atomic E-state index is 11.8. The third-order valence-corrected chi connectivity index (χ3v) is 3.24. The molecule has 1 aromatic heterocycles. The minimum atomic E-state index is -0.0495. The van der Waals surface area contributed by atoms with E-state index in [-0.39, 0.29) is 5.56 Å². The summed E-state index contributed by atoms with van der Waals surface area (Å²) in [6.45, 7) is 3.88. The van der Waals surface area contributed by atoms with Crippen LogP contribution in [0.4, 0.5) is 0 Å². The van der Waals surface area contributed by atoms with Gasteiger partial charge in [0.2, 0.25) is 0 Å². The van der Waals surface area contributed by atoms with Crippen LogP contribution in [-0.4, -0.2) is 19.2 Å². The largest absolute Gasteiger partial charge is 0.493 e. The highest BCUT2D eigenvalue weighted by Crippen LogP contribution is 2.32. The molecule has 0 amide bonds. The molecule has 0 saturated heterocycles. The molecule has 0 spiro atoms. The van der Waals surface area contributed by atoms with Crippen LogP contribution in [0.3, 0.4) is 0 Å². The Kier molecular flexibility index (Phi) is 3.28. The van der Waals surface area contributed by atoms with Gasteiger partial charge in [-0.1, -0.05) is 6.92 Å². The van der Waals surface area contributed by atoms with Gasteiger partial charge in [0.1, 0.15) is 0 Å². The number of aromatic amines is 1. The number of rotatable bonds is 3. The van der Waals surface area contributed by atoms with Crippen LogP contribution in [0.25, 0.3) is 10.9 Å². The van der Waals surface area contributed by atoms with E-state index < -0.39 is 0 Å². The fourth-order valence-corrected chi connectivity index (χ4v) is 2.24. The van der Waals surface area contributed by atoms with Crippen LogP contribution >= 0.6 is 0 Å². The molecule has 0 fully saturated rings. The van der Waals surface area contributed by atoms with E-state index in [4.69, 9.17) is 9.47 Å². The molecule has 18 heavy (non-hydrogen) atoms. The van der Waals surface area contributed by atoms with Crippen LogP contribution in [0.5, 0.6) is 11.5 Å². The summed E-state index contributed by atoms with van der Waals surface area (Å²) in [7, 11) is 3.19. The number of aryl methyl sites for hydroxylation is 1. The molecule has 0 aliphatic carbocycles. The van der Waals surface area contributed by atoms with Crippen LogP contribution in [0.1, 0.15) is 18.1 Å². The van der Waals surface area contributed by atoms with Gasteiger partial charge >= 0.3 is 0 Å². The fraction of sp³-hybridized carbons (Fsp3) is 0.357. The van der Waals surface area contributed by atoms with Crippen molar-refractivity contribution >= 4 is 10.9 Å². The highest BCUT2D eigenvalue weighted by Gasteiger charge is 2.12. The maximum Gasteiger partial charge on any atom is 0.251 e. The van der Waals surface area contributed by atoms with Crippen LogP contribution in [0.15, 0.2) is 16.9 Å². The topological polar surface area (TPSA) is 51.3 Å². The fourth-order valence-electron chi connectivity index (χ4n) is 2.24. The predicted octanol–water partition coefficient (Wildman–Crippen LogP) is 2.42. The summed E-state index contributed by atoms with van der Waals surface area (Å²) in [4.78, 5) is 14.7. The highest BCUT2D eigenvalue weighted by atomic mass is 16.5. The van der Waals surface area contributed by atoms with Gasteiger partial charge in [-0.25, -0.2) is 0 Å². The van der Waals surface area contributed by atoms with Gasteiger partial charge in [-0.2, -0.15) is 0 Å². The van der Waals surface area contributed by atoms with E-state index in [0.717, 1.165) is 28.5 Å². The van der Waals surface area contributed by atoms with E-state index >= 15 is 0 Å². The minimum Gasteiger partial charge on any atom is -0.493 e. The Labute approximate surface area is 106 Å². The van der Waals surface area contributed by atoms with Crippen LogP contribution in [-0.2, 0) is 6.42 Å². The van der Waals surface area contributed by atoms with Gasteiger partial charge in [-0.05, 0) is 25.0 Å². The molecule has 96 valence electrons. The molecule has 0 saturated carbocycles. The van der Waals surface area contributed by atoms with Crippen molar-refractivity contribution in [3.63, 3.8) is 0 Å². The van der Waals surface area contributed by atoms with Gasteiger partial charge in [-0.3, -0.25) is 4.79 Å². The highest BCUT2D eigenvalue weighted by molar-refractivity contribution is 5.86. The zero-order valence-corrected chi connectivity index (χ0v) is 11.1. The average Bonchev–Trinajstić information content (AvgIpc) is 2.39. The molecule has 4 heteroatoms. The average molecular weight is 247 g/mol. The summed E-state index contributed by atoms with van der Waals surface area (Å²) in [5.74, 6) is 1.29. The number of benzene rings is 1. The number of pyridine rings is 1. The van der Waals surface area contributed by atoms with Crippen LogP contribution < -0.4 is 15.0 Å². The Morgan fingerprint density at radius 1 is 1.17 bits per heavy atom. The van der Waals surface area contributed by atoms with Crippen molar-refractivity contribution in [2.24, 2.45) is 0 Å². The molecule has 0 radical (unpaired) electrons. The number of hydrogen-bond donors (Lipinski definition) is 1. The first kappa shape index (κ1) is 12.5. The predicted molar refractivity (Wildman–Crippen MR) is 71.8 cm³/mol. The smallest absolute Gasteiger partial charge is 0.251 e. The van der Waals surface area contributed by atoms with Crippen LogP contribution in [0.2, 0.25) is 0 Å². The van der Waals surface area contributed by atoms with Gasteiger partial charge < -0.3 is 14.5 Å². The van der Waals surface area contributed by atoms with Gasteiger partial charge in [0.15, 0.2) is 11.5 Å². The number of methoxy groups -OCH3 is 2. The molecule has 2 rings (SSSR count). The van der Waals surface area contributed by atoms with Crippen molar-refractivity contribution in [1.29, 1.82) is 0 Å². The lowest BCUT2D eigenvalue weighted by Gasteiger charge is -2.12. The van der Waals surface area contributed by atoms with E-state index in [9.17, 15) is 4.79 Å². The van der Waals surface area contributed by atoms with Crippen molar-refractivity contribution in [3.05, 3.63) is 33.6 Å². The minimum absolute atomic E-state index is 0.0495. The summed E-state index contributed by atoms with van der Waals surface area (Å²) >= 11 is 0. The number of H-pyrrole nitrogens is 1. The summed E-state index contributed by atoms with van der Waals surface area (Å²) < 4.78 is 10.5. The third kappa shape index (κ3) is 1.83. The molecule has 4 nitrogen and oxygen atoms in total. The molecular formula is C14H17NO3. The molecule has 0 bridgehead atoms. The Hall–Kier alpha value is -1.97. The molecule has 2 aromatic rings. The van der Waals surface area contributed by atoms with E-state index in [1.165, 1.54) is 0 Å². The van der Waals surface area contributed by atoms with Crippen molar-refractivity contribution in [2.45, 2.75) is 20.3 Å². The van der Waals surface area contributed by atoms with Crippen molar-refractivity contribution in [1.82, 2.24) is 4.98 Å². The molecule has 0 aliphatic heterocycles. The summed E-state index contributed by atoms with van der Waals surface area (Å²) in [5.41, 5.74) is 2.54. The normalized spacial score (nSPS) is 10.7. The molecule has 1 N–H and O–H groups in total. The van der Waals surface area contributed by atoms with Gasteiger partial charge in [0, 0.05) is 17.0 Å².